The zero-order chi connectivity index (χ0) is 24.0. The van der Waals surface area contributed by atoms with Crippen molar-refractivity contribution in [1.82, 2.24) is 19.2 Å². The Morgan fingerprint density at radius 1 is 1.12 bits per heavy atom. The van der Waals surface area contributed by atoms with E-state index >= 15 is 0 Å². The van der Waals surface area contributed by atoms with Gasteiger partial charge in [-0.1, -0.05) is 62.0 Å². The van der Waals surface area contributed by atoms with Crippen molar-refractivity contribution in [3.63, 3.8) is 0 Å². The Kier molecular flexibility index (Phi) is 5.40. The standard InChI is InChI=1S/C26H25N5O2S/c1-5-14-30-23(33)18-10-6-8-12-20(18)31-24(30)27-28-25(31)34-16-17(32)15-22-26(2,3)19-11-7-9-13-21(19)29(22)4/h5-13,15H,1,14,16H2,2-4H3. The maximum absolute atomic E-state index is 13.1. The average molecular weight is 472 g/mol. The summed E-state index contributed by atoms with van der Waals surface area (Å²) in [5.74, 6) is 0.636. The fraction of sp³-hybridized carbons (Fsp3) is 0.231. The van der Waals surface area contributed by atoms with Gasteiger partial charge in [0, 0.05) is 36.5 Å². The number of para-hydroxylation sites is 2. The Morgan fingerprint density at radius 2 is 1.85 bits per heavy atom. The van der Waals surface area contributed by atoms with Crippen LogP contribution in [-0.2, 0) is 16.8 Å². The normalized spacial score (nSPS) is 15.9. The molecule has 2 aromatic heterocycles. The van der Waals surface area contributed by atoms with Crippen LogP contribution in [-0.4, -0.2) is 37.7 Å². The van der Waals surface area contributed by atoms with Gasteiger partial charge in [0.25, 0.3) is 5.56 Å². The SMILES string of the molecule is C=CCn1c(=O)c2ccccc2n2c(SCC(=O)C=C3N(C)c4ccccc4C3(C)C)nnc12. The summed E-state index contributed by atoms with van der Waals surface area (Å²) in [6.07, 6.45) is 3.40. The van der Waals surface area contributed by atoms with E-state index in [4.69, 9.17) is 0 Å². The first-order valence-corrected chi connectivity index (χ1v) is 12.0. The van der Waals surface area contributed by atoms with Gasteiger partial charge in [-0.15, -0.1) is 16.8 Å². The van der Waals surface area contributed by atoms with Gasteiger partial charge in [-0.2, -0.15) is 0 Å². The number of carbonyl (C=O) groups is 1. The summed E-state index contributed by atoms with van der Waals surface area (Å²) in [5, 5.41) is 9.71. The number of nitrogens with zero attached hydrogens (tertiary/aromatic N) is 5. The first kappa shape index (κ1) is 22.2. The molecule has 0 spiro atoms. The predicted molar refractivity (Wildman–Crippen MR) is 137 cm³/mol. The lowest BCUT2D eigenvalue weighted by Crippen LogP contribution is -2.24. The predicted octanol–water partition coefficient (Wildman–Crippen LogP) is 4.20. The molecular weight excluding hydrogens is 446 g/mol. The number of allylic oxidation sites excluding steroid dienone is 3. The van der Waals surface area contributed by atoms with E-state index in [0.29, 0.717) is 28.4 Å². The summed E-state index contributed by atoms with van der Waals surface area (Å²) in [4.78, 5) is 28.1. The van der Waals surface area contributed by atoms with Crippen molar-refractivity contribution in [2.45, 2.75) is 31.0 Å². The molecule has 0 radical (unpaired) electrons. The van der Waals surface area contributed by atoms with Gasteiger partial charge in [0.2, 0.25) is 5.78 Å². The number of aromatic nitrogens is 4. The van der Waals surface area contributed by atoms with Crippen molar-refractivity contribution in [3.8, 4) is 0 Å². The molecule has 0 fully saturated rings. The van der Waals surface area contributed by atoms with Crippen LogP contribution in [0, 0.1) is 0 Å². The molecule has 0 bridgehead atoms. The molecule has 1 aliphatic heterocycles. The summed E-state index contributed by atoms with van der Waals surface area (Å²) < 4.78 is 3.39. The summed E-state index contributed by atoms with van der Waals surface area (Å²) in [7, 11) is 2.00. The quantitative estimate of drug-likeness (QED) is 0.238. The van der Waals surface area contributed by atoms with Crippen LogP contribution in [0.3, 0.4) is 0 Å². The molecule has 5 rings (SSSR count). The van der Waals surface area contributed by atoms with Gasteiger partial charge in [0.1, 0.15) is 0 Å². The zero-order valence-electron chi connectivity index (χ0n) is 19.4. The molecule has 0 unspecified atom stereocenters. The number of fused-ring (bicyclic) bond motifs is 4. The largest absolute Gasteiger partial charge is 0.347 e. The number of carbonyl (C=O) groups excluding carboxylic acids is 1. The van der Waals surface area contributed by atoms with Crippen LogP contribution in [0.15, 0.2) is 82.9 Å². The molecule has 0 N–H and O–H groups in total. The van der Waals surface area contributed by atoms with Gasteiger partial charge in [-0.05, 0) is 23.8 Å². The highest BCUT2D eigenvalue weighted by Gasteiger charge is 2.38. The lowest BCUT2D eigenvalue weighted by atomic mass is 9.83. The molecule has 2 aromatic carbocycles. The van der Waals surface area contributed by atoms with Gasteiger partial charge in [-0.25, -0.2) is 0 Å². The summed E-state index contributed by atoms with van der Waals surface area (Å²) in [6.45, 7) is 8.35. The monoisotopic (exact) mass is 471 g/mol. The van der Waals surface area contributed by atoms with E-state index in [0.717, 1.165) is 11.4 Å². The highest BCUT2D eigenvalue weighted by molar-refractivity contribution is 7.99. The van der Waals surface area contributed by atoms with Crippen LogP contribution in [0.1, 0.15) is 19.4 Å². The van der Waals surface area contributed by atoms with Crippen molar-refractivity contribution < 1.29 is 4.79 Å². The fourth-order valence-electron chi connectivity index (χ4n) is 4.71. The Morgan fingerprint density at radius 3 is 2.62 bits per heavy atom. The van der Waals surface area contributed by atoms with Crippen LogP contribution >= 0.6 is 11.8 Å². The van der Waals surface area contributed by atoms with Crippen molar-refractivity contribution in [1.29, 1.82) is 0 Å². The van der Waals surface area contributed by atoms with Crippen molar-refractivity contribution in [2.75, 3.05) is 17.7 Å². The van der Waals surface area contributed by atoms with E-state index < -0.39 is 0 Å². The Bertz CT molecular complexity index is 1550. The zero-order valence-corrected chi connectivity index (χ0v) is 20.2. The van der Waals surface area contributed by atoms with Crippen LogP contribution < -0.4 is 10.5 Å². The first-order valence-electron chi connectivity index (χ1n) is 11.0. The van der Waals surface area contributed by atoms with Crippen molar-refractivity contribution >= 4 is 39.9 Å². The minimum atomic E-state index is -0.260. The summed E-state index contributed by atoms with van der Waals surface area (Å²) >= 11 is 1.32. The first-order chi connectivity index (χ1) is 16.3. The Hall–Kier alpha value is -3.65. The minimum Gasteiger partial charge on any atom is -0.347 e. The lowest BCUT2D eigenvalue weighted by molar-refractivity contribution is -0.112. The highest BCUT2D eigenvalue weighted by atomic mass is 32.2. The number of ketones is 1. The second-order valence-electron chi connectivity index (χ2n) is 8.83. The van der Waals surface area contributed by atoms with Gasteiger partial charge in [-0.3, -0.25) is 18.6 Å². The van der Waals surface area contributed by atoms with Crippen LogP contribution in [0.2, 0.25) is 0 Å². The third-order valence-corrected chi connectivity index (χ3v) is 7.32. The van der Waals surface area contributed by atoms with E-state index in [1.165, 1.54) is 17.3 Å². The molecule has 172 valence electrons. The smallest absolute Gasteiger partial charge is 0.263 e. The number of benzene rings is 2. The van der Waals surface area contributed by atoms with E-state index in [9.17, 15) is 9.59 Å². The van der Waals surface area contributed by atoms with E-state index in [1.54, 1.807) is 22.8 Å². The molecule has 0 saturated carbocycles. The van der Waals surface area contributed by atoms with Crippen molar-refractivity contribution in [2.24, 2.45) is 0 Å². The molecular formula is C26H25N5O2S. The summed E-state index contributed by atoms with van der Waals surface area (Å²) in [6, 6.07) is 15.6. The number of rotatable bonds is 6. The average Bonchev–Trinajstić information content (AvgIpc) is 3.34. The fourth-order valence-corrected chi connectivity index (χ4v) is 5.47. The third kappa shape index (κ3) is 3.37. The van der Waals surface area contributed by atoms with Crippen molar-refractivity contribution in [3.05, 3.63) is 88.9 Å². The number of anilines is 1. The van der Waals surface area contributed by atoms with E-state index in [-0.39, 0.29) is 22.5 Å². The van der Waals surface area contributed by atoms with Crippen LogP contribution in [0.5, 0.6) is 0 Å². The minimum absolute atomic E-state index is 0.00630. The molecule has 0 saturated heterocycles. The molecule has 34 heavy (non-hydrogen) atoms. The lowest BCUT2D eigenvalue weighted by Gasteiger charge is -2.23. The molecule has 0 amide bonds. The van der Waals surface area contributed by atoms with E-state index in [1.807, 2.05) is 41.8 Å². The summed E-state index contributed by atoms with van der Waals surface area (Å²) in [5.41, 5.74) is 3.61. The molecule has 7 nitrogen and oxygen atoms in total. The third-order valence-electron chi connectivity index (χ3n) is 6.37. The second-order valence-corrected chi connectivity index (χ2v) is 9.77. The molecule has 4 aromatic rings. The topological polar surface area (TPSA) is 72.5 Å². The Labute approximate surface area is 201 Å². The van der Waals surface area contributed by atoms with Gasteiger partial charge >= 0.3 is 0 Å². The van der Waals surface area contributed by atoms with Crippen LogP contribution in [0.25, 0.3) is 16.7 Å². The number of hydrogen-bond acceptors (Lipinski definition) is 6. The number of likely N-dealkylation sites (N-methyl/N-ethyl adjacent to an activating group) is 1. The second kappa shape index (κ2) is 8.29. The molecule has 3 heterocycles. The molecule has 8 heteroatoms. The Balaban J connectivity index is 1.48. The van der Waals surface area contributed by atoms with Gasteiger partial charge in [0.15, 0.2) is 10.9 Å². The number of thioether (sulfide) groups is 1. The maximum atomic E-state index is 13.1. The molecule has 1 aliphatic rings. The van der Waals surface area contributed by atoms with Gasteiger partial charge < -0.3 is 4.90 Å². The van der Waals surface area contributed by atoms with Gasteiger partial charge in [0.05, 0.1) is 16.7 Å². The van der Waals surface area contributed by atoms with E-state index in [2.05, 4.69) is 47.7 Å². The van der Waals surface area contributed by atoms with Crippen LogP contribution in [0.4, 0.5) is 5.69 Å². The molecule has 0 aliphatic carbocycles. The highest BCUT2D eigenvalue weighted by Crippen LogP contribution is 2.46. The number of hydrogen-bond donors (Lipinski definition) is 0. The maximum Gasteiger partial charge on any atom is 0.263 e. The molecule has 0 atom stereocenters.